The van der Waals surface area contributed by atoms with Gasteiger partial charge in [-0.25, -0.2) is 4.98 Å². The highest BCUT2D eigenvalue weighted by Gasteiger charge is 2.32. The first kappa shape index (κ1) is 10.2. The second-order valence-electron chi connectivity index (χ2n) is 5.00. The van der Waals surface area contributed by atoms with Crippen LogP contribution in [0, 0.1) is 11.8 Å². The van der Waals surface area contributed by atoms with E-state index in [1.54, 1.807) is 6.33 Å². The number of likely N-dealkylation sites (tertiary alicyclic amines) is 1. The highest BCUT2D eigenvalue weighted by molar-refractivity contribution is 4.91. The lowest BCUT2D eigenvalue weighted by Crippen LogP contribution is -2.39. The van der Waals surface area contributed by atoms with Crippen molar-refractivity contribution in [3.8, 4) is 0 Å². The Morgan fingerprint density at radius 1 is 1.44 bits per heavy atom. The Morgan fingerprint density at radius 2 is 2.31 bits per heavy atom. The smallest absolute Gasteiger partial charge is 0.140 e. The molecule has 3 heterocycles. The molecule has 0 radical (unpaired) electrons. The predicted octanol–water partition coefficient (Wildman–Crippen LogP) is -0.144. The Kier molecular flexibility index (Phi) is 2.65. The van der Waals surface area contributed by atoms with Crippen LogP contribution in [0.5, 0.6) is 0 Å². The lowest BCUT2D eigenvalue weighted by Gasteiger charge is -2.33. The lowest BCUT2D eigenvalue weighted by molar-refractivity contribution is 0.138. The first-order chi connectivity index (χ1) is 7.83. The molecule has 0 aliphatic carbocycles. The van der Waals surface area contributed by atoms with Gasteiger partial charge in [0, 0.05) is 13.6 Å². The van der Waals surface area contributed by atoms with Gasteiger partial charge in [0.05, 0.1) is 6.54 Å². The minimum Gasteiger partial charge on any atom is -0.316 e. The van der Waals surface area contributed by atoms with Crippen molar-refractivity contribution in [1.29, 1.82) is 0 Å². The zero-order valence-electron chi connectivity index (χ0n) is 9.76. The van der Waals surface area contributed by atoms with Gasteiger partial charge in [0.15, 0.2) is 0 Å². The standard InChI is InChI=1S/C11H19N5/c1-15-11(13-8-14-15)7-16-3-2-9-4-12-5-10(9)6-16/h8-10,12H,2-7H2,1H3. The highest BCUT2D eigenvalue weighted by Crippen LogP contribution is 2.26. The van der Waals surface area contributed by atoms with Crippen molar-refractivity contribution in [2.75, 3.05) is 26.2 Å². The quantitative estimate of drug-likeness (QED) is 0.755. The summed E-state index contributed by atoms with van der Waals surface area (Å²) in [5.41, 5.74) is 0. The molecule has 2 unspecified atom stereocenters. The Hall–Kier alpha value is -0.940. The number of aryl methyl sites for hydroxylation is 1. The van der Waals surface area contributed by atoms with Gasteiger partial charge in [0.25, 0.3) is 0 Å². The molecule has 0 saturated carbocycles. The predicted molar refractivity (Wildman–Crippen MR) is 60.7 cm³/mol. The van der Waals surface area contributed by atoms with Crippen LogP contribution in [0.3, 0.4) is 0 Å². The molecule has 5 heteroatoms. The second-order valence-corrected chi connectivity index (χ2v) is 5.00. The number of nitrogens with zero attached hydrogens (tertiary/aromatic N) is 4. The molecule has 16 heavy (non-hydrogen) atoms. The molecule has 1 aromatic heterocycles. The fourth-order valence-electron chi connectivity index (χ4n) is 2.92. The monoisotopic (exact) mass is 221 g/mol. The molecule has 88 valence electrons. The van der Waals surface area contributed by atoms with E-state index in [0.717, 1.165) is 24.2 Å². The van der Waals surface area contributed by atoms with E-state index in [0.29, 0.717) is 0 Å². The Bertz CT molecular complexity index is 361. The fraction of sp³-hybridized carbons (Fsp3) is 0.818. The summed E-state index contributed by atoms with van der Waals surface area (Å²) in [4.78, 5) is 6.80. The van der Waals surface area contributed by atoms with E-state index in [2.05, 4.69) is 20.3 Å². The van der Waals surface area contributed by atoms with Crippen molar-refractivity contribution >= 4 is 0 Å². The molecule has 2 atom stereocenters. The van der Waals surface area contributed by atoms with E-state index in [1.165, 1.54) is 32.6 Å². The van der Waals surface area contributed by atoms with Crippen molar-refractivity contribution in [3.05, 3.63) is 12.2 Å². The summed E-state index contributed by atoms with van der Waals surface area (Å²) in [6, 6.07) is 0. The van der Waals surface area contributed by atoms with E-state index >= 15 is 0 Å². The van der Waals surface area contributed by atoms with Crippen LogP contribution in [0.2, 0.25) is 0 Å². The average molecular weight is 221 g/mol. The molecule has 1 aromatic rings. The maximum Gasteiger partial charge on any atom is 0.140 e. The number of aromatic nitrogens is 3. The summed E-state index contributed by atoms with van der Waals surface area (Å²) < 4.78 is 1.87. The minimum absolute atomic E-state index is 0.849. The van der Waals surface area contributed by atoms with Gasteiger partial charge in [-0.3, -0.25) is 9.58 Å². The van der Waals surface area contributed by atoms with E-state index in [1.807, 2.05) is 11.7 Å². The molecule has 0 bridgehead atoms. The lowest BCUT2D eigenvalue weighted by atomic mass is 9.89. The third kappa shape index (κ3) is 1.85. The molecular weight excluding hydrogens is 202 g/mol. The summed E-state index contributed by atoms with van der Waals surface area (Å²) in [5, 5.41) is 7.61. The molecule has 5 nitrogen and oxygen atoms in total. The van der Waals surface area contributed by atoms with Gasteiger partial charge in [0.1, 0.15) is 12.2 Å². The van der Waals surface area contributed by atoms with E-state index < -0.39 is 0 Å². The van der Waals surface area contributed by atoms with Gasteiger partial charge in [-0.1, -0.05) is 0 Å². The largest absolute Gasteiger partial charge is 0.316 e. The molecule has 0 amide bonds. The second kappa shape index (κ2) is 4.14. The van der Waals surface area contributed by atoms with Crippen LogP contribution in [-0.4, -0.2) is 45.8 Å². The maximum absolute atomic E-state index is 4.29. The number of nitrogens with one attached hydrogen (secondary N) is 1. The first-order valence-corrected chi connectivity index (χ1v) is 6.09. The minimum atomic E-state index is 0.849. The van der Waals surface area contributed by atoms with Gasteiger partial charge in [-0.05, 0) is 37.9 Å². The molecule has 2 saturated heterocycles. The molecule has 2 aliphatic heterocycles. The summed E-state index contributed by atoms with van der Waals surface area (Å²) in [6.07, 6.45) is 2.97. The molecule has 2 aliphatic rings. The molecule has 0 aromatic carbocycles. The Morgan fingerprint density at radius 3 is 3.12 bits per heavy atom. The van der Waals surface area contributed by atoms with E-state index in [4.69, 9.17) is 0 Å². The number of hydrogen-bond donors (Lipinski definition) is 1. The van der Waals surface area contributed by atoms with E-state index in [9.17, 15) is 0 Å². The van der Waals surface area contributed by atoms with Crippen molar-refractivity contribution in [2.45, 2.75) is 13.0 Å². The number of rotatable bonds is 2. The van der Waals surface area contributed by atoms with Crippen molar-refractivity contribution < 1.29 is 0 Å². The molecular formula is C11H19N5. The summed E-state index contributed by atoms with van der Waals surface area (Å²) in [7, 11) is 1.96. The normalized spacial score (nSPS) is 30.6. The number of piperidine rings is 1. The highest BCUT2D eigenvalue weighted by atomic mass is 15.3. The molecule has 0 spiro atoms. The number of hydrogen-bond acceptors (Lipinski definition) is 4. The summed E-state index contributed by atoms with van der Waals surface area (Å²) >= 11 is 0. The van der Waals surface area contributed by atoms with Crippen LogP contribution < -0.4 is 5.32 Å². The van der Waals surface area contributed by atoms with Crippen molar-refractivity contribution in [3.63, 3.8) is 0 Å². The van der Waals surface area contributed by atoms with Crippen molar-refractivity contribution in [1.82, 2.24) is 25.0 Å². The van der Waals surface area contributed by atoms with Gasteiger partial charge in [-0.15, -0.1) is 0 Å². The Labute approximate surface area is 95.8 Å². The topological polar surface area (TPSA) is 46.0 Å². The van der Waals surface area contributed by atoms with Gasteiger partial charge in [0.2, 0.25) is 0 Å². The first-order valence-electron chi connectivity index (χ1n) is 6.09. The number of fused-ring (bicyclic) bond motifs is 1. The fourth-order valence-corrected chi connectivity index (χ4v) is 2.92. The Balaban J connectivity index is 1.62. The zero-order valence-corrected chi connectivity index (χ0v) is 9.76. The zero-order chi connectivity index (χ0) is 11.0. The third-order valence-corrected chi connectivity index (χ3v) is 3.96. The van der Waals surface area contributed by atoms with Crippen LogP contribution in [-0.2, 0) is 13.6 Å². The van der Waals surface area contributed by atoms with Crippen molar-refractivity contribution in [2.24, 2.45) is 18.9 Å². The van der Waals surface area contributed by atoms with E-state index in [-0.39, 0.29) is 0 Å². The van der Waals surface area contributed by atoms with Crippen LogP contribution in [0.25, 0.3) is 0 Å². The maximum atomic E-state index is 4.29. The SMILES string of the molecule is Cn1ncnc1CN1CCC2CNCC2C1. The molecule has 1 N–H and O–H groups in total. The summed E-state index contributed by atoms with van der Waals surface area (Å²) in [6.45, 7) is 5.78. The van der Waals surface area contributed by atoms with Gasteiger partial charge >= 0.3 is 0 Å². The van der Waals surface area contributed by atoms with Gasteiger partial charge < -0.3 is 5.32 Å². The van der Waals surface area contributed by atoms with Crippen LogP contribution in [0.4, 0.5) is 0 Å². The summed E-state index contributed by atoms with van der Waals surface area (Å²) in [5.74, 6) is 2.84. The van der Waals surface area contributed by atoms with Crippen LogP contribution in [0.1, 0.15) is 12.2 Å². The van der Waals surface area contributed by atoms with Crippen LogP contribution in [0.15, 0.2) is 6.33 Å². The third-order valence-electron chi connectivity index (χ3n) is 3.96. The molecule has 2 fully saturated rings. The van der Waals surface area contributed by atoms with Crippen LogP contribution >= 0.6 is 0 Å². The average Bonchev–Trinajstić information content (AvgIpc) is 2.88. The molecule has 3 rings (SSSR count). The van der Waals surface area contributed by atoms with Gasteiger partial charge in [-0.2, -0.15) is 5.10 Å².